The summed E-state index contributed by atoms with van der Waals surface area (Å²) in [6, 6.07) is -0.747. The number of halogens is 3. The molecule has 1 aliphatic carbocycles. The van der Waals surface area contributed by atoms with E-state index in [-0.39, 0.29) is 0 Å². The molecule has 0 bridgehead atoms. The van der Waals surface area contributed by atoms with Crippen molar-refractivity contribution >= 4 is 0 Å². The summed E-state index contributed by atoms with van der Waals surface area (Å²) in [5.74, 6) is 5.17. The van der Waals surface area contributed by atoms with E-state index in [0.29, 0.717) is 0 Å². The van der Waals surface area contributed by atoms with Crippen LogP contribution in [-0.4, -0.2) is 12.2 Å². The third kappa shape index (κ3) is 4.66. The highest BCUT2D eigenvalue weighted by atomic mass is 19.4. The number of nitrogens with two attached hydrogens (primary N) is 1. The summed E-state index contributed by atoms with van der Waals surface area (Å²) in [4.78, 5) is 0. The number of alkyl halides is 3. The number of nitrogens with one attached hydrogen (secondary N) is 1. The van der Waals surface area contributed by atoms with Crippen LogP contribution in [0, 0.1) is 0 Å². The Kier molecular flexibility index (Phi) is 4.60. The molecule has 0 fully saturated rings. The Bertz CT molecular complexity index is 223. The lowest BCUT2D eigenvalue weighted by atomic mass is 9.99. The van der Waals surface area contributed by atoms with Crippen molar-refractivity contribution in [2.45, 2.75) is 50.7 Å². The van der Waals surface area contributed by atoms with E-state index in [9.17, 15) is 13.2 Å². The van der Waals surface area contributed by atoms with Crippen LogP contribution in [0.15, 0.2) is 11.6 Å². The van der Waals surface area contributed by atoms with Crippen LogP contribution in [0.2, 0.25) is 0 Å². The zero-order chi connectivity index (χ0) is 11.3. The second-order valence-corrected chi connectivity index (χ2v) is 3.92. The molecule has 0 radical (unpaired) electrons. The molecule has 0 aliphatic heterocycles. The average Bonchev–Trinajstić information content (AvgIpc) is 2.40. The fourth-order valence-electron chi connectivity index (χ4n) is 1.88. The maximum Gasteiger partial charge on any atom is 0.390 e. The third-order valence-electron chi connectivity index (χ3n) is 2.66. The first kappa shape index (κ1) is 12.5. The summed E-state index contributed by atoms with van der Waals surface area (Å²) < 4.78 is 36.7. The van der Waals surface area contributed by atoms with Gasteiger partial charge in [0.15, 0.2) is 0 Å². The first-order chi connectivity index (χ1) is 7.03. The molecule has 5 heteroatoms. The van der Waals surface area contributed by atoms with Gasteiger partial charge < -0.3 is 0 Å². The van der Waals surface area contributed by atoms with Crippen LogP contribution in [0.5, 0.6) is 0 Å². The van der Waals surface area contributed by atoms with E-state index in [1.807, 2.05) is 6.08 Å². The molecule has 0 aromatic heterocycles. The summed E-state index contributed by atoms with van der Waals surface area (Å²) in [5, 5.41) is 0. The van der Waals surface area contributed by atoms with Crippen LogP contribution in [-0.2, 0) is 0 Å². The van der Waals surface area contributed by atoms with E-state index in [2.05, 4.69) is 5.43 Å². The van der Waals surface area contributed by atoms with Crippen molar-refractivity contribution in [1.29, 1.82) is 0 Å². The van der Waals surface area contributed by atoms with Gasteiger partial charge in [0.25, 0.3) is 0 Å². The molecule has 0 spiro atoms. The zero-order valence-electron chi connectivity index (χ0n) is 8.61. The van der Waals surface area contributed by atoms with Crippen molar-refractivity contribution in [3.8, 4) is 0 Å². The highest BCUT2D eigenvalue weighted by molar-refractivity contribution is 5.12. The third-order valence-corrected chi connectivity index (χ3v) is 2.66. The van der Waals surface area contributed by atoms with Gasteiger partial charge in [-0.1, -0.05) is 18.1 Å². The molecule has 0 saturated carbocycles. The molecule has 3 N–H and O–H groups in total. The van der Waals surface area contributed by atoms with Gasteiger partial charge >= 0.3 is 6.18 Å². The maximum atomic E-state index is 12.2. The highest BCUT2D eigenvalue weighted by Gasteiger charge is 2.32. The molecule has 0 amide bonds. The fourth-order valence-corrected chi connectivity index (χ4v) is 1.88. The van der Waals surface area contributed by atoms with Crippen LogP contribution in [0.3, 0.4) is 0 Å². The number of hydrogen-bond donors (Lipinski definition) is 2. The zero-order valence-corrected chi connectivity index (χ0v) is 8.61. The van der Waals surface area contributed by atoms with Crippen molar-refractivity contribution in [1.82, 2.24) is 5.43 Å². The van der Waals surface area contributed by atoms with Gasteiger partial charge in [-0.3, -0.25) is 11.3 Å². The molecular formula is C10H17F3N2. The highest BCUT2D eigenvalue weighted by Crippen LogP contribution is 2.28. The van der Waals surface area contributed by atoms with Crippen LogP contribution in [0.25, 0.3) is 0 Å². The summed E-state index contributed by atoms with van der Waals surface area (Å²) in [6.07, 6.45) is 1.57. The maximum absolute atomic E-state index is 12.2. The van der Waals surface area contributed by atoms with Crippen molar-refractivity contribution in [2.75, 3.05) is 0 Å². The lowest BCUT2D eigenvalue weighted by Gasteiger charge is -2.20. The molecular weight excluding hydrogens is 205 g/mol. The van der Waals surface area contributed by atoms with Crippen molar-refractivity contribution in [3.05, 3.63) is 11.6 Å². The molecule has 0 aromatic carbocycles. The Morgan fingerprint density at radius 2 is 2.07 bits per heavy atom. The Morgan fingerprint density at radius 1 is 1.33 bits per heavy atom. The standard InChI is InChI=1S/C10H17F3N2/c11-10(12,13)7-9(15-14)8-5-3-1-2-4-6-8/h5,9,15H,1-4,6-7,14H2. The van der Waals surface area contributed by atoms with E-state index in [1.54, 1.807) is 0 Å². The van der Waals surface area contributed by atoms with Gasteiger partial charge in [0.1, 0.15) is 0 Å². The Hall–Kier alpha value is -0.550. The van der Waals surface area contributed by atoms with Crippen molar-refractivity contribution in [2.24, 2.45) is 5.84 Å². The Morgan fingerprint density at radius 3 is 2.67 bits per heavy atom. The number of hydrazine groups is 1. The Labute approximate surface area is 87.7 Å². The smallest absolute Gasteiger partial charge is 0.271 e. The van der Waals surface area contributed by atoms with Crippen molar-refractivity contribution < 1.29 is 13.2 Å². The first-order valence-electron chi connectivity index (χ1n) is 5.25. The van der Waals surface area contributed by atoms with Crippen LogP contribution in [0.4, 0.5) is 13.2 Å². The summed E-state index contributed by atoms with van der Waals surface area (Å²) in [5.41, 5.74) is 3.08. The van der Waals surface area contributed by atoms with E-state index in [0.717, 1.165) is 37.7 Å². The summed E-state index contributed by atoms with van der Waals surface area (Å²) >= 11 is 0. The second-order valence-electron chi connectivity index (χ2n) is 3.92. The van der Waals surface area contributed by atoms with E-state index in [4.69, 9.17) is 5.84 Å². The monoisotopic (exact) mass is 222 g/mol. The van der Waals surface area contributed by atoms with Crippen molar-refractivity contribution in [3.63, 3.8) is 0 Å². The predicted molar refractivity (Wildman–Crippen MR) is 53.0 cm³/mol. The van der Waals surface area contributed by atoms with E-state index < -0.39 is 18.6 Å². The lowest BCUT2D eigenvalue weighted by molar-refractivity contribution is -0.138. The molecule has 0 heterocycles. The molecule has 1 rings (SSSR count). The number of rotatable bonds is 3. The molecule has 1 unspecified atom stereocenters. The number of hydrogen-bond acceptors (Lipinski definition) is 2. The van der Waals surface area contributed by atoms with Crippen LogP contribution in [0.1, 0.15) is 38.5 Å². The quantitative estimate of drug-likeness (QED) is 0.437. The Balaban J connectivity index is 2.60. The lowest BCUT2D eigenvalue weighted by Crippen LogP contribution is -2.40. The normalized spacial score (nSPS) is 20.7. The van der Waals surface area contributed by atoms with Gasteiger partial charge in [0, 0.05) is 0 Å². The minimum Gasteiger partial charge on any atom is -0.271 e. The van der Waals surface area contributed by atoms with Gasteiger partial charge in [-0.25, -0.2) is 0 Å². The molecule has 15 heavy (non-hydrogen) atoms. The largest absolute Gasteiger partial charge is 0.390 e. The van der Waals surface area contributed by atoms with Gasteiger partial charge in [-0.15, -0.1) is 0 Å². The fraction of sp³-hybridized carbons (Fsp3) is 0.800. The van der Waals surface area contributed by atoms with Gasteiger partial charge in [-0.2, -0.15) is 13.2 Å². The second kappa shape index (κ2) is 5.51. The summed E-state index contributed by atoms with van der Waals surface area (Å²) in [6.45, 7) is 0. The molecule has 2 nitrogen and oxygen atoms in total. The van der Waals surface area contributed by atoms with Gasteiger partial charge in [0.05, 0.1) is 12.5 Å². The van der Waals surface area contributed by atoms with Gasteiger partial charge in [0.2, 0.25) is 0 Å². The van der Waals surface area contributed by atoms with E-state index >= 15 is 0 Å². The van der Waals surface area contributed by atoms with Crippen LogP contribution < -0.4 is 11.3 Å². The predicted octanol–water partition coefficient (Wildman–Crippen LogP) is 2.66. The first-order valence-corrected chi connectivity index (χ1v) is 5.25. The summed E-state index contributed by atoms with van der Waals surface area (Å²) in [7, 11) is 0. The molecule has 0 saturated heterocycles. The number of allylic oxidation sites excluding steroid dienone is 1. The minimum absolute atomic E-state index is 0.727. The average molecular weight is 222 g/mol. The molecule has 88 valence electrons. The van der Waals surface area contributed by atoms with Crippen LogP contribution >= 0.6 is 0 Å². The SMILES string of the molecule is NNC(CC(F)(F)F)C1=CCCCCC1. The molecule has 0 aromatic rings. The topological polar surface area (TPSA) is 38.0 Å². The molecule has 1 atom stereocenters. The van der Waals surface area contributed by atoms with Gasteiger partial charge in [-0.05, 0) is 25.7 Å². The minimum atomic E-state index is -4.16. The molecule has 1 aliphatic rings. The van der Waals surface area contributed by atoms with E-state index in [1.165, 1.54) is 0 Å².